The van der Waals surface area contributed by atoms with Crippen LogP contribution >= 0.6 is 23.3 Å². The van der Waals surface area contributed by atoms with Crippen molar-refractivity contribution < 1.29 is 14.3 Å². The molecule has 3 aromatic heterocycles. The third-order valence-corrected chi connectivity index (χ3v) is 9.88. The van der Waals surface area contributed by atoms with Crippen LogP contribution < -0.4 is 10.1 Å². The van der Waals surface area contributed by atoms with Gasteiger partial charge in [0, 0.05) is 80.0 Å². The predicted molar refractivity (Wildman–Crippen MR) is 161 cm³/mol. The number of likely N-dealkylation sites (tertiary alicyclic amines) is 2. The van der Waals surface area contributed by atoms with Crippen LogP contribution in [0.15, 0.2) is 35.5 Å². The van der Waals surface area contributed by atoms with Gasteiger partial charge in [0.05, 0.1) is 5.69 Å². The first-order chi connectivity index (χ1) is 19.7. The molecule has 0 bridgehead atoms. The number of aromatic nitrogens is 4. The third kappa shape index (κ3) is 7.16. The van der Waals surface area contributed by atoms with Crippen LogP contribution in [-0.4, -0.2) is 72.9 Å². The smallest absolute Gasteiger partial charge is 0.219 e. The van der Waals surface area contributed by atoms with Gasteiger partial charge < -0.3 is 19.9 Å². The van der Waals surface area contributed by atoms with E-state index in [-0.39, 0.29) is 17.2 Å². The lowest BCUT2D eigenvalue weighted by Crippen LogP contribution is -2.43. The molecule has 0 aliphatic carbocycles. The summed E-state index contributed by atoms with van der Waals surface area (Å²) in [4.78, 5) is 42.2. The Kier molecular flexibility index (Phi) is 9.08. The van der Waals surface area contributed by atoms with E-state index in [1.807, 2.05) is 41.1 Å². The van der Waals surface area contributed by atoms with E-state index >= 15 is 0 Å². The van der Waals surface area contributed by atoms with Crippen molar-refractivity contribution in [3.63, 3.8) is 0 Å². The van der Waals surface area contributed by atoms with E-state index in [4.69, 9.17) is 14.7 Å². The molecule has 3 aromatic rings. The summed E-state index contributed by atoms with van der Waals surface area (Å²) in [7, 11) is 0. The molecule has 12 heteroatoms. The largest absolute Gasteiger partial charge is 0.452 e. The number of thioether (sulfide) groups is 1. The molecule has 5 rings (SSSR count). The van der Waals surface area contributed by atoms with Gasteiger partial charge in [-0.15, -0.1) is 11.8 Å². The lowest BCUT2D eigenvalue weighted by Gasteiger charge is -2.37. The number of hydrogen-bond donors (Lipinski definition) is 1. The number of pyridine rings is 2. The lowest BCUT2D eigenvalue weighted by molar-refractivity contribution is -0.131. The van der Waals surface area contributed by atoms with E-state index in [1.165, 1.54) is 11.5 Å². The minimum absolute atomic E-state index is 0.114. The molecular weight excluding hydrogens is 558 g/mol. The molecule has 10 nitrogen and oxygen atoms in total. The number of amides is 2. The summed E-state index contributed by atoms with van der Waals surface area (Å²) < 4.78 is 11.0. The highest BCUT2D eigenvalue weighted by Gasteiger charge is 2.36. The Hall–Kier alpha value is -3.25. The zero-order chi connectivity index (χ0) is 29.0. The van der Waals surface area contributed by atoms with E-state index in [0.29, 0.717) is 41.5 Å². The molecule has 41 heavy (non-hydrogen) atoms. The van der Waals surface area contributed by atoms with Gasteiger partial charge in [0.2, 0.25) is 16.9 Å². The predicted octanol–water partition coefficient (Wildman–Crippen LogP) is 5.42. The highest BCUT2D eigenvalue weighted by molar-refractivity contribution is 7.99. The fourth-order valence-electron chi connectivity index (χ4n) is 5.16. The molecular formula is C29H37N7O3S2. The molecule has 218 valence electrons. The number of nitrogens with zero attached hydrogens (tertiary/aromatic N) is 6. The minimum atomic E-state index is -0.178. The van der Waals surface area contributed by atoms with Crippen molar-refractivity contribution in [2.45, 2.75) is 63.7 Å². The van der Waals surface area contributed by atoms with Gasteiger partial charge in [0.15, 0.2) is 17.4 Å². The average Bonchev–Trinajstić information content (AvgIpc) is 3.44. The van der Waals surface area contributed by atoms with Crippen LogP contribution in [0, 0.1) is 12.8 Å². The topological polar surface area (TPSA) is 113 Å². The number of carbonyl (C=O) groups is 2. The Labute approximate surface area is 249 Å². The first kappa shape index (κ1) is 29.2. The normalized spacial score (nSPS) is 17.4. The Morgan fingerprint density at radius 2 is 1.80 bits per heavy atom. The number of aryl methyl sites for hydroxylation is 1. The Morgan fingerprint density at radius 1 is 1.10 bits per heavy atom. The summed E-state index contributed by atoms with van der Waals surface area (Å²) in [5.74, 6) is 4.41. The van der Waals surface area contributed by atoms with Gasteiger partial charge in [-0.05, 0) is 56.7 Å². The van der Waals surface area contributed by atoms with E-state index in [0.717, 1.165) is 60.9 Å². The first-order valence-electron chi connectivity index (χ1n) is 14.0. The van der Waals surface area contributed by atoms with Crippen LogP contribution in [0.2, 0.25) is 0 Å². The molecule has 0 atom stereocenters. The molecule has 1 N–H and O–H groups in total. The van der Waals surface area contributed by atoms with Crippen molar-refractivity contribution in [2.75, 3.05) is 37.2 Å². The van der Waals surface area contributed by atoms with Gasteiger partial charge in [-0.1, -0.05) is 6.92 Å². The number of anilines is 2. The Balaban J connectivity index is 1.30. The van der Waals surface area contributed by atoms with Gasteiger partial charge >= 0.3 is 0 Å². The third-order valence-electron chi connectivity index (χ3n) is 8.06. The molecule has 2 aliphatic heterocycles. The van der Waals surface area contributed by atoms with Crippen molar-refractivity contribution >= 4 is 46.1 Å². The quantitative estimate of drug-likeness (QED) is 0.341. The molecule has 2 fully saturated rings. The zero-order valence-electron chi connectivity index (χ0n) is 24.1. The maximum Gasteiger partial charge on any atom is 0.219 e. The zero-order valence-corrected chi connectivity index (χ0v) is 25.7. The van der Waals surface area contributed by atoms with Crippen LogP contribution in [0.25, 0.3) is 0 Å². The van der Waals surface area contributed by atoms with E-state index in [1.54, 1.807) is 31.8 Å². The van der Waals surface area contributed by atoms with E-state index in [9.17, 15) is 9.59 Å². The van der Waals surface area contributed by atoms with Crippen molar-refractivity contribution in [1.82, 2.24) is 29.1 Å². The van der Waals surface area contributed by atoms with Gasteiger partial charge in [0.1, 0.15) is 5.75 Å². The molecule has 2 saturated heterocycles. The Bertz CT molecular complexity index is 1380. The van der Waals surface area contributed by atoms with Crippen molar-refractivity contribution in [3.05, 3.63) is 42.1 Å². The molecule has 0 saturated carbocycles. The van der Waals surface area contributed by atoms with Gasteiger partial charge in [0.25, 0.3) is 0 Å². The van der Waals surface area contributed by atoms with E-state index in [2.05, 4.69) is 21.6 Å². The minimum Gasteiger partial charge on any atom is -0.452 e. The van der Waals surface area contributed by atoms with Crippen LogP contribution in [0.5, 0.6) is 11.5 Å². The van der Waals surface area contributed by atoms with Gasteiger partial charge in [-0.2, -0.15) is 4.37 Å². The molecule has 0 spiro atoms. The SMILES string of the molecule is CC(=O)N1CCC(CSc2cnc(Nc3nc(C4(C)CCN(C(C)=O)CC4)ns3)c(Oc3cccnc3C)c2)CC1. The summed E-state index contributed by atoms with van der Waals surface area (Å²) in [6, 6.07) is 5.76. The van der Waals surface area contributed by atoms with Crippen molar-refractivity contribution in [2.24, 2.45) is 5.92 Å². The van der Waals surface area contributed by atoms with Gasteiger partial charge in [-0.3, -0.25) is 14.6 Å². The summed E-state index contributed by atoms with van der Waals surface area (Å²) >= 11 is 3.07. The molecule has 2 aliphatic rings. The molecule has 0 unspecified atom stereocenters. The van der Waals surface area contributed by atoms with E-state index < -0.39 is 0 Å². The van der Waals surface area contributed by atoms with Crippen LogP contribution in [-0.2, 0) is 15.0 Å². The lowest BCUT2D eigenvalue weighted by atomic mass is 9.79. The number of piperidine rings is 2. The highest BCUT2D eigenvalue weighted by atomic mass is 32.2. The standard InChI is InChI=1S/C29H37N7O3S2/c1-19-24(6-5-11-30-19)39-25-16-23(40-18-22-7-12-35(13-8-22)20(2)37)17-31-26(25)32-28-33-27(34-41-28)29(4)9-14-36(15-10-29)21(3)38/h5-6,11,16-17,22H,7-10,12-15,18H2,1-4H3,(H,31,32,33,34). The van der Waals surface area contributed by atoms with Gasteiger partial charge in [-0.25, -0.2) is 9.97 Å². The van der Waals surface area contributed by atoms with Crippen LogP contribution in [0.1, 0.15) is 58.0 Å². The highest BCUT2D eigenvalue weighted by Crippen LogP contribution is 2.38. The monoisotopic (exact) mass is 595 g/mol. The second-order valence-electron chi connectivity index (χ2n) is 11.1. The molecule has 0 radical (unpaired) electrons. The first-order valence-corrected chi connectivity index (χ1v) is 15.8. The van der Waals surface area contributed by atoms with Crippen LogP contribution in [0.4, 0.5) is 10.9 Å². The summed E-state index contributed by atoms with van der Waals surface area (Å²) in [5.41, 5.74) is 0.611. The molecule has 2 amide bonds. The molecule has 5 heterocycles. The fraction of sp³-hybridized carbons (Fsp3) is 0.517. The van der Waals surface area contributed by atoms with Crippen molar-refractivity contribution in [3.8, 4) is 11.5 Å². The molecule has 0 aromatic carbocycles. The second-order valence-corrected chi connectivity index (χ2v) is 12.9. The summed E-state index contributed by atoms with van der Waals surface area (Å²) in [6.45, 7) is 10.4. The van der Waals surface area contributed by atoms with Crippen LogP contribution in [0.3, 0.4) is 0 Å². The number of nitrogens with one attached hydrogen (secondary N) is 1. The number of carbonyl (C=O) groups excluding carboxylic acids is 2. The second kappa shape index (κ2) is 12.7. The maximum absolute atomic E-state index is 11.8. The summed E-state index contributed by atoms with van der Waals surface area (Å²) in [6.07, 6.45) is 7.30. The average molecular weight is 596 g/mol. The Morgan fingerprint density at radius 3 is 2.49 bits per heavy atom. The number of ether oxygens (including phenoxy) is 1. The summed E-state index contributed by atoms with van der Waals surface area (Å²) in [5, 5.41) is 3.99. The van der Waals surface area contributed by atoms with Crippen molar-refractivity contribution in [1.29, 1.82) is 0 Å². The number of hydrogen-bond acceptors (Lipinski definition) is 10. The maximum atomic E-state index is 11.8. The number of rotatable bonds is 8. The fourth-order valence-corrected chi connectivity index (χ4v) is 6.94.